The van der Waals surface area contributed by atoms with Gasteiger partial charge in [-0.1, -0.05) is 29.8 Å². The van der Waals surface area contributed by atoms with Gasteiger partial charge in [-0.2, -0.15) is 0 Å². The molecule has 0 saturated carbocycles. The van der Waals surface area contributed by atoms with E-state index in [9.17, 15) is 14.4 Å². The van der Waals surface area contributed by atoms with Crippen molar-refractivity contribution in [1.82, 2.24) is 19.8 Å². The Morgan fingerprint density at radius 3 is 2.61 bits per heavy atom. The quantitative estimate of drug-likeness (QED) is 0.382. The Balaban J connectivity index is 1.53. The van der Waals surface area contributed by atoms with Crippen molar-refractivity contribution in [1.29, 1.82) is 0 Å². The van der Waals surface area contributed by atoms with Crippen molar-refractivity contribution in [2.75, 3.05) is 26.7 Å². The normalized spacial score (nSPS) is 16.4. The minimum absolute atomic E-state index is 0.0885. The van der Waals surface area contributed by atoms with E-state index in [0.717, 1.165) is 0 Å². The third-order valence-corrected chi connectivity index (χ3v) is 5.77. The lowest BCUT2D eigenvalue weighted by molar-refractivity contribution is -0.130. The van der Waals surface area contributed by atoms with E-state index < -0.39 is 11.7 Å². The molecule has 0 unspecified atom stereocenters. The number of carbonyl (C=O) groups is 3. The van der Waals surface area contributed by atoms with Crippen LogP contribution in [0.4, 0.5) is 0 Å². The molecule has 2 amide bonds. The Hall–Kier alpha value is -3.39. The lowest BCUT2D eigenvalue weighted by Gasteiger charge is -2.39. The summed E-state index contributed by atoms with van der Waals surface area (Å²) >= 11 is 6.11. The first-order chi connectivity index (χ1) is 14.9. The van der Waals surface area contributed by atoms with Gasteiger partial charge in [0.25, 0.3) is 17.6 Å². The van der Waals surface area contributed by atoms with Crippen LogP contribution in [0.5, 0.6) is 5.75 Å². The van der Waals surface area contributed by atoms with E-state index in [1.54, 1.807) is 17.0 Å². The summed E-state index contributed by atoms with van der Waals surface area (Å²) in [7, 11) is 1.46. The zero-order valence-electron chi connectivity index (χ0n) is 17.1. The number of amides is 2. The minimum Gasteiger partial charge on any atom is -0.494 e. The van der Waals surface area contributed by atoms with Crippen molar-refractivity contribution in [2.24, 2.45) is 0 Å². The number of pyridine rings is 1. The van der Waals surface area contributed by atoms with Gasteiger partial charge >= 0.3 is 0 Å². The van der Waals surface area contributed by atoms with Crippen LogP contribution < -0.4 is 4.74 Å². The number of halogens is 1. The lowest BCUT2D eigenvalue weighted by atomic mass is 10.1. The number of nitrogens with zero attached hydrogens (tertiary/aromatic N) is 3. The van der Waals surface area contributed by atoms with Crippen molar-refractivity contribution in [2.45, 2.75) is 13.0 Å². The highest BCUT2D eigenvalue weighted by molar-refractivity contribution is 6.46. The molecule has 1 aliphatic heterocycles. The van der Waals surface area contributed by atoms with Crippen LogP contribution in [0.2, 0.25) is 5.15 Å². The van der Waals surface area contributed by atoms with Crippen LogP contribution in [0.15, 0.2) is 42.7 Å². The number of rotatable bonds is 4. The molecule has 0 bridgehead atoms. The van der Waals surface area contributed by atoms with Crippen molar-refractivity contribution >= 4 is 40.1 Å². The summed E-state index contributed by atoms with van der Waals surface area (Å²) in [6.07, 6.45) is 2.86. The average molecular weight is 441 g/mol. The molecule has 1 N–H and O–H groups in total. The summed E-state index contributed by atoms with van der Waals surface area (Å²) in [5.74, 6) is -1.03. The Kier molecular flexibility index (Phi) is 5.65. The number of aromatic nitrogens is 2. The van der Waals surface area contributed by atoms with Crippen molar-refractivity contribution < 1.29 is 19.1 Å². The Bertz CT molecular complexity index is 1160. The second kappa shape index (κ2) is 8.39. The first kappa shape index (κ1) is 20.9. The van der Waals surface area contributed by atoms with E-state index in [2.05, 4.69) is 9.97 Å². The van der Waals surface area contributed by atoms with Crippen LogP contribution in [0.25, 0.3) is 10.9 Å². The van der Waals surface area contributed by atoms with Crippen molar-refractivity contribution in [3.63, 3.8) is 0 Å². The number of aromatic amines is 1. The number of nitrogens with one attached hydrogen (secondary N) is 1. The molecule has 1 atom stereocenters. The summed E-state index contributed by atoms with van der Waals surface area (Å²) in [5.41, 5.74) is 1.21. The van der Waals surface area contributed by atoms with Gasteiger partial charge in [0, 0.05) is 37.4 Å². The summed E-state index contributed by atoms with van der Waals surface area (Å²) in [4.78, 5) is 49.0. The fourth-order valence-electron chi connectivity index (χ4n) is 3.87. The highest BCUT2D eigenvalue weighted by Crippen LogP contribution is 2.32. The van der Waals surface area contributed by atoms with Crippen LogP contribution in [-0.4, -0.2) is 70.2 Å². The second-order valence-corrected chi connectivity index (χ2v) is 7.72. The van der Waals surface area contributed by atoms with Crippen LogP contribution in [-0.2, 0) is 4.79 Å². The lowest BCUT2D eigenvalue weighted by Crippen LogP contribution is -2.56. The maximum absolute atomic E-state index is 13.1. The molecule has 3 heterocycles. The predicted molar refractivity (Wildman–Crippen MR) is 116 cm³/mol. The minimum atomic E-state index is -0.665. The molecule has 1 aliphatic rings. The van der Waals surface area contributed by atoms with E-state index in [4.69, 9.17) is 16.3 Å². The first-order valence-corrected chi connectivity index (χ1v) is 10.2. The van der Waals surface area contributed by atoms with Crippen molar-refractivity contribution in [3.8, 4) is 5.75 Å². The zero-order valence-corrected chi connectivity index (χ0v) is 17.8. The van der Waals surface area contributed by atoms with Gasteiger partial charge in [-0.3, -0.25) is 14.4 Å². The number of ketones is 1. The molecule has 1 saturated heterocycles. The number of ether oxygens (including phenoxy) is 1. The molecule has 160 valence electrons. The number of Topliss-reactive ketones (excluding diaryl/α,β-unsaturated/α-hetero) is 1. The first-order valence-electron chi connectivity index (χ1n) is 9.81. The number of methoxy groups -OCH3 is 1. The summed E-state index contributed by atoms with van der Waals surface area (Å²) in [6, 6.07) is 8.69. The van der Waals surface area contributed by atoms with Gasteiger partial charge in [0.2, 0.25) is 0 Å². The summed E-state index contributed by atoms with van der Waals surface area (Å²) < 4.78 is 5.30. The molecular formula is C22H21ClN4O4. The van der Waals surface area contributed by atoms with Gasteiger partial charge in [0.05, 0.1) is 29.8 Å². The third-order valence-electron chi connectivity index (χ3n) is 5.48. The Morgan fingerprint density at radius 2 is 1.94 bits per heavy atom. The van der Waals surface area contributed by atoms with E-state index in [0.29, 0.717) is 35.3 Å². The van der Waals surface area contributed by atoms with Gasteiger partial charge < -0.3 is 19.5 Å². The van der Waals surface area contributed by atoms with Crippen LogP contribution in [0.3, 0.4) is 0 Å². The second-order valence-electron chi connectivity index (χ2n) is 7.36. The molecule has 1 fully saturated rings. The van der Waals surface area contributed by atoms with Crippen LogP contribution in [0, 0.1) is 0 Å². The number of H-pyrrole nitrogens is 1. The number of carbonyl (C=O) groups excluding carboxylic acids is 3. The molecule has 9 heteroatoms. The fourth-order valence-corrected chi connectivity index (χ4v) is 4.07. The molecule has 4 rings (SSSR count). The average Bonchev–Trinajstić information content (AvgIpc) is 3.24. The topological polar surface area (TPSA) is 95.6 Å². The fraction of sp³-hybridized carbons (Fsp3) is 0.273. The molecule has 1 aromatic carbocycles. The molecule has 0 spiro atoms. The van der Waals surface area contributed by atoms with E-state index in [1.807, 2.05) is 25.1 Å². The molecule has 3 aromatic rings. The molecule has 0 radical (unpaired) electrons. The van der Waals surface area contributed by atoms with E-state index in [-0.39, 0.29) is 29.2 Å². The maximum Gasteiger partial charge on any atom is 0.295 e. The van der Waals surface area contributed by atoms with Gasteiger partial charge in [-0.05, 0) is 19.1 Å². The molecular weight excluding hydrogens is 420 g/mol. The predicted octanol–water partition coefficient (Wildman–Crippen LogP) is 2.78. The number of fused-ring (bicyclic) bond motifs is 1. The zero-order chi connectivity index (χ0) is 22.1. The van der Waals surface area contributed by atoms with Crippen LogP contribution >= 0.6 is 11.6 Å². The summed E-state index contributed by atoms with van der Waals surface area (Å²) in [5, 5.41) is 0.607. The largest absolute Gasteiger partial charge is 0.494 e. The van der Waals surface area contributed by atoms with Gasteiger partial charge in [-0.15, -0.1) is 0 Å². The molecule has 2 aromatic heterocycles. The standard InChI is InChI=1S/C22H21ClN4O4/c1-13-12-26(21(29)14-6-4-3-5-7-14)8-9-27(13)22(30)19(28)15-10-24-18-17(15)16(31-2)11-25-20(18)23/h3-7,10-11,13,24H,8-9,12H2,1-2H3/t13-/m1/s1. The maximum atomic E-state index is 13.1. The van der Waals surface area contributed by atoms with Crippen molar-refractivity contribution in [3.05, 3.63) is 59.0 Å². The summed E-state index contributed by atoms with van der Waals surface area (Å²) in [6.45, 7) is 2.79. The molecule has 0 aliphatic carbocycles. The monoisotopic (exact) mass is 440 g/mol. The Labute approximate surface area is 183 Å². The molecule has 31 heavy (non-hydrogen) atoms. The SMILES string of the molecule is COc1cnc(Cl)c2[nH]cc(C(=O)C(=O)N3CCN(C(=O)c4ccccc4)C[C@H]3C)c12. The van der Waals surface area contributed by atoms with Crippen LogP contribution in [0.1, 0.15) is 27.6 Å². The number of hydrogen-bond donors (Lipinski definition) is 1. The van der Waals surface area contributed by atoms with Gasteiger partial charge in [0.1, 0.15) is 5.75 Å². The van der Waals surface area contributed by atoms with Gasteiger partial charge in [0.15, 0.2) is 5.15 Å². The van der Waals surface area contributed by atoms with E-state index >= 15 is 0 Å². The highest BCUT2D eigenvalue weighted by Gasteiger charge is 2.34. The van der Waals surface area contributed by atoms with E-state index in [1.165, 1.54) is 24.4 Å². The number of benzene rings is 1. The number of hydrogen-bond acceptors (Lipinski definition) is 5. The number of piperazine rings is 1. The molecule has 8 nitrogen and oxygen atoms in total. The third kappa shape index (κ3) is 3.74. The van der Waals surface area contributed by atoms with Gasteiger partial charge in [-0.25, -0.2) is 4.98 Å². The highest BCUT2D eigenvalue weighted by atomic mass is 35.5. The smallest absolute Gasteiger partial charge is 0.295 e. The Morgan fingerprint density at radius 1 is 1.19 bits per heavy atom.